The number of hydrogen-bond acceptors (Lipinski definition) is 5. The van der Waals surface area contributed by atoms with Crippen LogP contribution in [0.3, 0.4) is 0 Å². The summed E-state index contributed by atoms with van der Waals surface area (Å²) in [6, 6.07) is 14.5. The molecule has 7 nitrogen and oxygen atoms in total. The average molecular weight is 570 g/mol. The highest BCUT2D eigenvalue weighted by Gasteiger charge is 2.33. The predicted octanol–water partition coefficient (Wildman–Crippen LogP) is 5.85. The summed E-state index contributed by atoms with van der Waals surface area (Å²) in [6.45, 7) is 3.08. The number of likely N-dealkylation sites (tertiary alicyclic amines) is 1. The van der Waals surface area contributed by atoms with E-state index in [0.717, 1.165) is 48.7 Å². The molecule has 3 aromatic carbocycles. The lowest BCUT2D eigenvalue weighted by molar-refractivity contribution is -0.137. The first-order valence-corrected chi connectivity index (χ1v) is 14.4. The molecule has 6 rings (SSSR count). The van der Waals surface area contributed by atoms with Crippen LogP contribution in [0.4, 0.5) is 13.2 Å². The van der Waals surface area contributed by atoms with E-state index >= 15 is 0 Å². The summed E-state index contributed by atoms with van der Waals surface area (Å²) in [5.74, 6) is -0.509. The van der Waals surface area contributed by atoms with Gasteiger partial charge in [0.25, 0.3) is 5.91 Å². The number of carbonyl (C=O) groups is 1. The van der Waals surface area contributed by atoms with Crippen LogP contribution in [0.5, 0.6) is 5.75 Å². The Morgan fingerprint density at radius 3 is 2.52 bits per heavy atom. The maximum absolute atomic E-state index is 13.1. The van der Waals surface area contributed by atoms with Crippen LogP contribution >= 0.6 is 0 Å². The third kappa shape index (κ3) is 5.06. The maximum Gasteiger partial charge on any atom is 0.416 e. The largest absolute Gasteiger partial charge is 0.416 e. The number of alkyl halides is 3. The van der Waals surface area contributed by atoms with Crippen molar-refractivity contribution in [3.05, 3.63) is 82.9 Å². The zero-order valence-corrected chi connectivity index (χ0v) is 22.2. The molecule has 11 heteroatoms. The number of nitrogens with zero attached hydrogens (tertiary/aromatic N) is 1. The highest BCUT2D eigenvalue weighted by atomic mass is 32.2. The smallest absolute Gasteiger partial charge is 0.379 e. The van der Waals surface area contributed by atoms with Crippen LogP contribution in [0.1, 0.15) is 46.3 Å². The molecule has 2 aliphatic rings. The fourth-order valence-corrected chi connectivity index (χ4v) is 6.42. The summed E-state index contributed by atoms with van der Waals surface area (Å²) in [6.07, 6.45) is -1.01. The van der Waals surface area contributed by atoms with Gasteiger partial charge in [-0.2, -0.15) is 21.6 Å². The number of fused-ring (bicyclic) bond motifs is 2. The summed E-state index contributed by atoms with van der Waals surface area (Å²) >= 11 is 0. The molecule has 3 heterocycles. The molecule has 40 heavy (non-hydrogen) atoms. The monoisotopic (exact) mass is 569 g/mol. The minimum absolute atomic E-state index is 0.0235. The lowest BCUT2D eigenvalue weighted by atomic mass is 9.99. The van der Waals surface area contributed by atoms with Crippen molar-refractivity contribution in [2.24, 2.45) is 0 Å². The van der Waals surface area contributed by atoms with Crippen molar-refractivity contribution in [1.29, 1.82) is 0 Å². The fraction of sp³-hybridized carbons (Fsp3) is 0.276. The third-order valence-corrected chi connectivity index (χ3v) is 8.63. The highest BCUT2D eigenvalue weighted by molar-refractivity contribution is 7.87. The number of nitrogens with one attached hydrogen (secondary N) is 2. The Morgan fingerprint density at radius 2 is 1.75 bits per heavy atom. The second-order valence-corrected chi connectivity index (χ2v) is 11.7. The van der Waals surface area contributed by atoms with Crippen LogP contribution in [0, 0.1) is 0 Å². The Hall–Kier alpha value is -3.83. The molecule has 1 fully saturated rings. The van der Waals surface area contributed by atoms with Gasteiger partial charge in [-0.1, -0.05) is 18.6 Å². The van der Waals surface area contributed by atoms with Gasteiger partial charge in [-0.05, 0) is 80.0 Å². The zero-order chi connectivity index (χ0) is 28.1. The number of rotatable bonds is 6. The molecular weight excluding hydrogens is 543 g/mol. The molecule has 0 unspecified atom stereocenters. The van der Waals surface area contributed by atoms with E-state index in [2.05, 4.69) is 27.3 Å². The van der Waals surface area contributed by atoms with E-state index in [-0.39, 0.29) is 17.9 Å². The molecule has 0 aliphatic carbocycles. The summed E-state index contributed by atoms with van der Waals surface area (Å²) in [5.41, 5.74) is 2.84. The second kappa shape index (κ2) is 9.97. The van der Waals surface area contributed by atoms with Crippen molar-refractivity contribution >= 4 is 26.9 Å². The quantitative estimate of drug-likeness (QED) is 0.284. The van der Waals surface area contributed by atoms with Crippen molar-refractivity contribution in [2.45, 2.75) is 43.4 Å². The SMILES string of the molecule is O=C1NCc2c(OS(=O)(=O)c3cccc(C(F)(F)F)c3)ccc(-c3cc4cc(CN5CCCCC5)ccc4[nH]3)c21. The molecule has 0 saturated carbocycles. The van der Waals surface area contributed by atoms with E-state index in [0.29, 0.717) is 22.9 Å². The van der Waals surface area contributed by atoms with E-state index in [1.54, 1.807) is 6.07 Å². The Bertz CT molecular complexity index is 1720. The van der Waals surface area contributed by atoms with Crippen LogP contribution in [0.15, 0.2) is 65.6 Å². The van der Waals surface area contributed by atoms with E-state index in [1.807, 2.05) is 12.1 Å². The maximum atomic E-state index is 13.1. The Labute approximate surface area is 229 Å². The number of halogens is 3. The minimum Gasteiger partial charge on any atom is -0.379 e. The molecule has 2 aliphatic heterocycles. The Kier molecular flexibility index (Phi) is 6.58. The molecular formula is C29H26F3N3O4S. The van der Waals surface area contributed by atoms with Gasteiger partial charge in [0, 0.05) is 40.8 Å². The van der Waals surface area contributed by atoms with Gasteiger partial charge in [-0.25, -0.2) is 0 Å². The number of H-pyrrole nitrogens is 1. The van der Waals surface area contributed by atoms with Gasteiger partial charge in [0.15, 0.2) is 0 Å². The third-order valence-electron chi connectivity index (χ3n) is 7.40. The number of benzene rings is 3. The highest BCUT2D eigenvalue weighted by Crippen LogP contribution is 2.38. The molecule has 1 amide bonds. The summed E-state index contributed by atoms with van der Waals surface area (Å²) in [5, 5.41) is 3.69. The number of aromatic amines is 1. The van der Waals surface area contributed by atoms with E-state index < -0.39 is 32.7 Å². The lowest BCUT2D eigenvalue weighted by Gasteiger charge is -2.26. The summed E-state index contributed by atoms with van der Waals surface area (Å²) in [7, 11) is -4.60. The normalized spacial score (nSPS) is 16.2. The zero-order valence-electron chi connectivity index (χ0n) is 21.3. The van der Waals surface area contributed by atoms with Crippen LogP contribution in [-0.2, 0) is 29.4 Å². The van der Waals surface area contributed by atoms with Crippen molar-refractivity contribution in [1.82, 2.24) is 15.2 Å². The summed E-state index contributed by atoms with van der Waals surface area (Å²) in [4.78, 5) is 18.0. The van der Waals surface area contributed by atoms with Gasteiger partial charge in [-0.15, -0.1) is 0 Å². The number of hydrogen-bond donors (Lipinski definition) is 2. The standard InChI is InChI=1S/C29H26F3N3O4S/c30-29(31,32)20-5-4-6-21(15-20)40(37,38)39-26-10-8-22(27-23(26)16-33-28(27)36)25-14-19-13-18(7-9-24(19)34-25)17-35-11-2-1-3-12-35/h4-10,13-15,34H,1-3,11-12,16-17H2,(H,33,36). The predicted molar refractivity (Wildman–Crippen MR) is 143 cm³/mol. The molecule has 0 bridgehead atoms. The first-order chi connectivity index (χ1) is 19.1. The number of amides is 1. The van der Waals surface area contributed by atoms with E-state index in [9.17, 15) is 26.4 Å². The molecule has 0 spiro atoms. The molecule has 2 N–H and O–H groups in total. The number of piperidine rings is 1. The molecule has 208 valence electrons. The topological polar surface area (TPSA) is 91.5 Å². The lowest BCUT2D eigenvalue weighted by Crippen LogP contribution is -2.28. The van der Waals surface area contributed by atoms with Crippen molar-refractivity contribution in [3.63, 3.8) is 0 Å². The number of carbonyl (C=O) groups excluding carboxylic acids is 1. The van der Waals surface area contributed by atoms with Gasteiger partial charge < -0.3 is 14.5 Å². The van der Waals surface area contributed by atoms with Crippen molar-refractivity contribution < 1.29 is 30.6 Å². The van der Waals surface area contributed by atoms with Crippen LogP contribution in [-0.4, -0.2) is 37.3 Å². The van der Waals surface area contributed by atoms with Gasteiger partial charge in [0.2, 0.25) is 0 Å². The molecule has 1 aromatic heterocycles. The van der Waals surface area contributed by atoms with Gasteiger partial charge >= 0.3 is 16.3 Å². The van der Waals surface area contributed by atoms with Gasteiger partial charge in [0.05, 0.1) is 11.1 Å². The average Bonchev–Trinajstić information content (AvgIpc) is 3.53. The van der Waals surface area contributed by atoms with E-state index in [4.69, 9.17) is 4.18 Å². The Balaban J connectivity index is 1.32. The molecule has 0 atom stereocenters. The molecule has 0 radical (unpaired) electrons. The Morgan fingerprint density at radius 1 is 0.950 bits per heavy atom. The van der Waals surface area contributed by atoms with E-state index in [1.165, 1.54) is 30.9 Å². The van der Waals surface area contributed by atoms with Crippen molar-refractivity contribution in [3.8, 4) is 17.0 Å². The fourth-order valence-electron chi connectivity index (χ4n) is 5.42. The van der Waals surface area contributed by atoms with Crippen LogP contribution in [0.2, 0.25) is 0 Å². The molecule has 1 saturated heterocycles. The van der Waals surface area contributed by atoms with Crippen LogP contribution < -0.4 is 9.50 Å². The summed E-state index contributed by atoms with van der Waals surface area (Å²) < 4.78 is 70.5. The first kappa shape index (κ1) is 26.4. The van der Waals surface area contributed by atoms with Gasteiger partial charge in [-0.3, -0.25) is 9.69 Å². The van der Waals surface area contributed by atoms with Crippen LogP contribution in [0.25, 0.3) is 22.2 Å². The van der Waals surface area contributed by atoms with Gasteiger partial charge in [0.1, 0.15) is 10.6 Å². The molecule has 4 aromatic rings. The number of aromatic nitrogens is 1. The second-order valence-electron chi connectivity index (χ2n) is 10.2. The van der Waals surface area contributed by atoms with Crippen molar-refractivity contribution in [2.75, 3.05) is 13.1 Å². The first-order valence-electron chi connectivity index (χ1n) is 13.0. The minimum atomic E-state index is -4.71.